The van der Waals surface area contributed by atoms with Gasteiger partial charge in [0.2, 0.25) is 0 Å². The number of hydrogen-bond acceptors (Lipinski definition) is 4. The number of nitrogens with one attached hydrogen (secondary N) is 1. The molecule has 0 aliphatic carbocycles. The zero-order chi connectivity index (χ0) is 16.8. The van der Waals surface area contributed by atoms with Crippen LogP contribution in [0.5, 0.6) is 11.5 Å². The van der Waals surface area contributed by atoms with Gasteiger partial charge in [0.1, 0.15) is 11.5 Å². The van der Waals surface area contributed by atoms with Gasteiger partial charge in [0.15, 0.2) is 6.61 Å². The molecule has 2 N–H and O–H groups in total. The molecular formula is C15H11ClI2N2O3. The molecule has 0 saturated carbocycles. The number of nitrogens with zero attached hydrogens (tertiary/aromatic N) is 1. The fourth-order valence-electron chi connectivity index (χ4n) is 1.60. The van der Waals surface area contributed by atoms with Crippen LogP contribution in [0.25, 0.3) is 0 Å². The fraction of sp³-hybridized carbons (Fsp3) is 0.0667. The van der Waals surface area contributed by atoms with Crippen LogP contribution in [0.1, 0.15) is 5.56 Å². The van der Waals surface area contributed by atoms with E-state index < -0.39 is 5.91 Å². The first-order valence-corrected chi connectivity index (χ1v) is 8.87. The first kappa shape index (κ1) is 18.3. The molecule has 0 spiro atoms. The Kier molecular flexibility index (Phi) is 6.90. The van der Waals surface area contributed by atoms with E-state index >= 15 is 0 Å². The van der Waals surface area contributed by atoms with Gasteiger partial charge in [0.25, 0.3) is 5.91 Å². The van der Waals surface area contributed by atoms with Crippen molar-refractivity contribution >= 4 is 68.9 Å². The molecule has 2 rings (SSSR count). The number of ether oxygens (including phenoxy) is 1. The third kappa shape index (κ3) is 5.81. The Morgan fingerprint density at radius 1 is 1.35 bits per heavy atom. The third-order valence-corrected chi connectivity index (χ3v) is 4.30. The fourth-order valence-corrected chi connectivity index (χ4v) is 3.67. The highest BCUT2D eigenvalue weighted by Crippen LogP contribution is 2.25. The number of phenols is 1. The summed E-state index contributed by atoms with van der Waals surface area (Å²) in [4.78, 5) is 11.7. The van der Waals surface area contributed by atoms with Gasteiger partial charge >= 0.3 is 0 Å². The minimum atomic E-state index is -0.416. The van der Waals surface area contributed by atoms with Crippen LogP contribution in [-0.4, -0.2) is 23.8 Å². The van der Waals surface area contributed by atoms with Crippen LogP contribution in [0.4, 0.5) is 0 Å². The van der Waals surface area contributed by atoms with Crippen molar-refractivity contribution < 1.29 is 14.6 Å². The summed E-state index contributed by atoms with van der Waals surface area (Å²) in [5.74, 6) is 0.210. The second kappa shape index (κ2) is 8.69. The molecule has 2 aromatic rings. The molecule has 0 bridgehead atoms. The minimum Gasteiger partial charge on any atom is -0.506 e. The minimum absolute atomic E-state index is 0.124. The Hall–Kier alpha value is -1.07. The third-order valence-electron chi connectivity index (χ3n) is 2.62. The molecule has 0 aliphatic rings. The van der Waals surface area contributed by atoms with Gasteiger partial charge in [-0.3, -0.25) is 4.79 Å². The molecule has 5 nitrogen and oxygen atoms in total. The first-order valence-electron chi connectivity index (χ1n) is 6.34. The van der Waals surface area contributed by atoms with Crippen molar-refractivity contribution in [2.45, 2.75) is 0 Å². The van der Waals surface area contributed by atoms with E-state index in [1.807, 2.05) is 28.7 Å². The molecule has 0 saturated heterocycles. The van der Waals surface area contributed by atoms with Crippen LogP contribution < -0.4 is 10.2 Å². The maximum Gasteiger partial charge on any atom is 0.277 e. The predicted octanol–water partition coefficient (Wildman–Crippen LogP) is 3.78. The van der Waals surface area contributed by atoms with Crippen molar-refractivity contribution in [1.82, 2.24) is 5.43 Å². The number of amides is 1. The van der Waals surface area contributed by atoms with Gasteiger partial charge in [-0.05, 0) is 75.5 Å². The molecule has 8 heteroatoms. The monoisotopic (exact) mass is 556 g/mol. The van der Waals surface area contributed by atoms with Gasteiger partial charge in [0, 0.05) is 14.2 Å². The van der Waals surface area contributed by atoms with Gasteiger partial charge < -0.3 is 9.84 Å². The van der Waals surface area contributed by atoms with Gasteiger partial charge in [-0.15, -0.1) is 0 Å². The molecule has 0 heterocycles. The maximum absolute atomic E-state index is 11.7. The van der Waals surface area contributed by atoms with Gasteiger partial charge in [0.05, 0.1) is 9.78 Å². The van der Waals surface area contributed by atoms with Gasteiger partial charge in [-0.1, -0.05) is 17.7 Å². The zero-order valence-electron chi connectivity index (χ0n) is 11.6. The quantitative estimate of drug-likeness (QED) is 0.335. The number of hydrogen-bond donors (Lipinski definition) is 2. The van der Waals surface area contributed by atoms with Crippen LogP contribution in [0, 0.1) is 7.14 Å². The van der Waals surface area contributed by atoms with E-state index in [9.17, 15) is 9.90 Å². The highest BCUT2D eigenvalue weighted by atomic mass is 127. The second-order valence-corrected chi connectivity index (χ2v) is 7.21. The van der Waals surface area contributed by atoms with E-state index in [1.165, 1.54) is 6.21 Å². The summed E-state index contributed by atoms with van der Waals surface area (Å²) >= 11 is 9.99. The van der Waals surface area contributed by atoms with E-state index in [2.05, 4.69) is 33.1 Å². The number of benzene rings is 2. The number of halogens is 3. The highest BCUT2D eigenvalue weighted by molar-refractivity contribution is 14.1. The number of rotatable bonds is 5. The molecule has 0 aliphatic heterocycles. The summed E-state index contributed by atoms with van der Waals surface area (Å²) < 4.78 is 6.97. The Morgan fingerprint density at radius 2 is 2.13 bits per heavy atom. The number of phenolic OH excluding ortho intramolecular Hbond substituents is 1. The molecule has 0 fully saturated rings. The summed E-state index contributed by atoms with van der Waals surface area (Å²) in [5.41, 5.74) is 2.86. The van der Waals surface area contributed by atoms with Crippen LogP contribution in [0.15, 0.2) is 41.5 Å². The average molecular weight is 557 g/mol. The van der Waals surface area contributed by atoms with E-state index in [-0.39, 0.29) is 12.4 Å². The van der Waals surface area contributed by atoms with Crippen LogP contribution in [0.2, 0.25) is 5.02 Å². The molecular weight excluding hydrogens is 545 g/mol. The summed E-state index contributed by atoms with van der Waals surface area (Å²) in [6.45, 7) is -0.187. The lowest BCUT2D eigenvalue weighted by atomic mass is 10.2. The van der Waals surface area contributed by atoms with Crippen molar-refractivity contribution in [3.8, 4) is 11.5 Å². The highest BCUT2D eigenvalue weighted by Gasteiger charge is 2.06. The van der Waals surface area contributed by atoms with E-state index in [1.54, 1.807) is 30.3 Å². The molecule has 23 heavy (non-hydrogen) atoms. The Bertz CT molecular complexity index is 753. The lowest BCUT2D eigenvalue weighted by molar-refractivity contribution is -0.123. The van der Waals surface area contributed by atoms with Crippen molar-refractivity contribution in [3.63, 3.8) is 0 Å². The molecule has 0 atom stereocenters. The largest absolute Gasteiger partial charge is 0.506 e. The summed E-state index contributed by atoms with van der Waals surface area (Å²) in [6.07, 6.45) is 1.39. The van der Waals surface area contributed by atoms with Crippen molar-refractivity contribution in [2.24, 2.45) is 5.10 Å². The second-order valence-electron chi connectivity index (χ2n) is 4.36. The number of aromatic hydroxyl groups is 1. The summed E-state index contributed by atoms with van der Waals surface area (Å²) in [6, 6.07) is 10.4. The van der Waals surface area contributed by atoms with Crippen molar-refractivity contribution in [1.29, 1.82) is 0 Å². The van der Waals surface area contributed by atoms with Crippen LogP contribution in [0.3, 0.4) is 0 Å². The Balaban J connectivity index is 1.89. The molecule has 0 unspecified atom stereocenters. The molecule has 1 amide bonds. The van der Waals surface area contributed by atoms with E-state index in [4.69, 9.17) is 16.3 Å². The lowest BCUT2D eigenvalue weighted by Crippen LogP contribution is -2.24. The van der Waals surface area contributed by atoms with Crippen LogP contribution in [-0.2, 0) is 4.79 Å². The molecule has 0 aromatic heterocycles. The standard InChI is InChI=1S/C15H11ClI2N2O3/c16-10-2-1-3-12(5-10)23-8-14(21)20-19-7-9-4-11(17)6-13(18)15(9)22/h1-7,22H,8H2,(H,20,21)/b19-7+. The molecule has 2 aromatic carbocycles. The number of hydrazone groups is 1. The Morgan fingerprint density at radius 3 is 2.87 bits per heavy atom. The summed E-state index contributed by atoms with van der Waals surface area (Å²) in [5, 5.41) is 14.3. The first-order chi connectivity index (χ1) is 11.0. The number of carbonyl (C=O) groups is 1. The normalized spacial score (nSPS) is 10.7. The molecule has 120 valence electrons. The van der Waals surface area contributed by atoms with Crippen molar-refractivity contribution in [3.05, 3.63) is 54.1 Å². The van der Waals surface area contributed by atoms with E-state index in [0.717, 1.165) is 3.57 Å². The van der Waals surface area contributed by atoms with E-state index in [0.29, 0.717) is 19.9 Å². The van der Waals surface area contributed by atoms with Crippen molar-refractivity contribution in [2.75, 3.05) is 6.61 Å². The number of carbonyl (C=O) groups excluding carboxylic acids is 1. The topological polar surface area (TPSA) is 70.9 Å². The van der Waals surface area contributed by atoms with Gasteiger partial charge in [-0.25, -0.2) is 5.43 Å². The SMILES string of the molecule is O=C(COc1cccc(Cl)c1)N/N=C/c1cc(I)cc(I)c1O. The predicted molar refractivity (Wildman–Crippen MR) is 106 cm³/mol. The average Bonchev–Trinajstić information content (AvgIpc) is 2.50. The Labute approximate surface area is 165 Å². The maximum atomic E-state index is 11.7. The van der Waals surface area contributed by atoms with Crippen LogP contribution >= 0.6 is 56.8 Å². The zero-order valence-corrected chi connectivity index (χ0v) is 16.7. The smallest absolute Gasteiger partial charge is 0.277 e. The molecule has 0 radical (unpaired) electrons. The summed E-state index contributed by atoms with van der Waals surface area (Å²) in [7, 11) is 0. The van der Waals surface area contributed by atoms with Gasteiger partial charge in [-0.2, -0.15) is 5.10 Å². The lowest BCUT2D eigenvalue weighted by Gasteiger charge is -2.05.